The maximum Gasteiger partial charge on any atom is 0.191 e. The summed E-state index contributed by atoms with van der Waals surface area (Å²) < 4.78 is 18.2. The maximum atomic E-state index is 13.0. The summed E-state index contributed by atoms with van der Waals surface area (Å²) in [5.41, 5.74) is 2.19. The molecule has 0 saturated heterocycles. The summed E-state index contributed by atoms with van der Waals surface area (Å²) in [4.78, 5) is 6.41. The molecule has 0 heterocycles. The van der Waals surface area contributed by atoms with Gasteiger partial charge in [0, 0.05) is 20.1 Å². The molecule has 2 aromatic carbocycles. The molecule has 0 radical (unpaired) electrons. The lowest BCUT2D eigenvalue weighted by atomic mass is 10.1. The first kappa shape index (κ1) is 19.7. The van der Waals surface area contributed by atoms with Gasteiger partial charge in [0.15, 0.2) is 5.96 Å². The average molecular weight is 358 g/mol. The highest BCUT2D eigenvalue weighted by Crippen LogP contribution is 2.20. The standard InChI is InChI=1S/C20H27FN4O/c1-22-20(23-13-15-5-9-17(21)10-6-15)24-14-19(25(2)3)16-7-11-18(26-4)12-8-16/h5-12,19H,13-14H2,1-4H3,(H2,22,23,24). The normalized spacial score (nSPS) is 12.8. The number of methoxy groups -OCH3 is 1. The van der Waals surface area contributed by atoms with Crippen molar-refractivity contribution in [1.82, 2.24) is 15.5 Å². The molecule has 0 amide bonds. The fourth-order valence-electron chi connectivity index (χ4n) is 2.63. The third-order valence-electron chi connectivity index (χ3n) is 4.18. The molecule has 0 aliphatic rings. The molecule has 0 bridgehead atoms. The highest BCUT2D eigenvalue weighted by molar-refractivity contribution is 5.79. The second-order valence-corrected chi connectivity index (χ2v) is 6.19. The quantitative estimate of drug-likeness (QED) is 0.590. The minimum absolute atomic E-state index is 0.185. The third-order valence-corrected chi connectivity index (χ3v) is 4.18. The average Bonchev–Trinajstić information content (AvgIpc) is 2.66. The van der Waals surface area contributed by atoms with Crippen LogP contribution in [0, 0.1) is 5.82 Å². The van der Waals surface area contributed by atoms with Crippen molar-refractivity contribution in [2.75, 3.05) is 34.8 Å². The number of ether oxygens (including phenoxy) is 1. The molecular formula is C20H27FN4O. The molecule has 5 nitrogen and oxygen atoms in total. The lowest BCUT2D eigenvalue weighted by Gasteiger charge is -2.26. The van der Waals surface area contributed by atoms with E-state index in [4.69, 9.17) is 4.74 Å². The van der Waals surface area contributed by atoms with E-state index in [-0.39, 0.29) is 11.9 Å². The SMILES string of the molecule is CN=C(NCc1ccc(F)cc1)NCC(c1ccc(OC)cc1)N(C)C. The van der Waals surface area contributed by atoms with Gasteiger partial charge in [0.2, 0.25) is 0 Å². The predicted molar refractivity (Wildman–Crippen MR) is 104 cm³/mol. The summed E-state index contributed by atoms with van der Waals surface area (Å²) >= 11 is 0. The van der Waals surface area contributed by atoms with Gasteiger partial charge < -0.3 is 20.3 Å². The highest BCUT2D eigenvalue weighted by atomic mass is 19.1. The van der Waals surface area contributed by atoms with Crippen molar-refractivity contribution in [3.63, 3.8) is 0 Å². The minimum Gasteiger partial charge on any atom is -0.497 e. The number of likely N-dealkylation sites (N-methyl/N-ethyl adjacent to an activating group) is 1. The Hall–Kier alpha value is -2.60. The van der Waals surface area contributed by atoms with E-state index in [1.807, 2.05) is 26.2 Å². The van der Waals surface area contributed by atoms with Gasteiger partial charge in [0.25, 0.3) is 0 Å². The first-order valence-corrected chi connectivity index (χ1v) is 8.53. The van der Waals surface area contributed by atoms with Crippen molar-refractivity contribution in [2.45, 2.75) is 12.6 Å². The molecule has 26 heavy (non-hydrogen) atoms. The van der Waals surface area contributed by atoms with Gasteiger partial charge in [0.1, 0.15) is 11.6 Å². The van der Waals surface area contributed by atoms with Crippen molar-refractivity contribution in [3.8, 4) is 5.75 Å². The Morgan fingerprint density at radius 2 is 1.73 bits per heavy atom. The molecule has 140 valence electrons. The van der Waals surface area contributed by atoms with Crippen molar-refractivity contribution in [2.24, 2.45) is 4.99 Å². The topological polar surface area (TPSA) is 48.9 Å². The van der Waals surface area contributed by atoms with E-state index in [1.54, 1.807) is 26.3 Å². The summed E-state index contributed by atoms with van der Waals surface area (Å²) in [6, 6.07) is 14.7. The molecule has 0 aliphatic carbocycles. The summed E-state index contributed by atoms with van der Waals surface area (Å²) in [5.74, 6) is 1.32. The Bertz CT molecular complexity index is 699. The Morgan fingerprint density at radius 3 is 2.27 bits per heavy atom. The van der Waals surface area contributed by atoms with E-state index < -0.39 is 0 Å². The van der Waals surface area contributed by atoms with Crippen LogP contribution in [0.5, 0.6) is 5.75 Å². The van der Waals surface area contributed by atoms with Crippen molar-refractivity contribution in [1.29, 1.82) is 0 Å². The Kier molecular flexibility index (Phi) is 7.41. The first-order valence-electron chi connectivity index (χ1n) is 8.53. The summed E-state index contributed by atoms with van der Waals surface area (Å²) in [5, 5.41) is 6.60. The highest BCUT2D eigenvalue weighted by Gasteiger charge is 2.14. The smallest absolute Gasteiger partial charge is 0.191 e. The van der Waals surface area contributed by atoms with Crippen LogP contribution in [0.25, 0.3) is 0 Å². The monoisotopic (exact) mass is 358 g/mol. The molecule has 0 saturated carbocycles. The van der Waals surface area contributed by atoms with Gasteiger partial charge in [-0.15, -0.1) is 0 Å². The van der Waals surface area contributed by atoms with E-state index >= 15 is 0 Å². The van der Waals surface area contributed by atoms with Crippen LogP contribution in [0.15, 0.2) is 53.5 Å². The van der Waals surface area contributed by atoms with Gasteiger partial charge in [-0.1, -0.05) is 24.3 Å². The van der Waals surface area contributed by atoms with Gasteiger partial charge >= 0.3 is 0 Å². The molecule has 6 heteroatoms. The van der Waals surface area contributed by atoms with Crippen LogP contribution in [-0.2, 0) is 6.54 Å². The van der Waals surface area contributed by atoms with Crippen LogP contribution in [0.2, 0.25) is 0 Å². The number of rotatable bonds is 7. The van der Waals surface area contributed by atoms with E-state index in [9.17, 15) is 4.39 Å². The molecular weight excluding hydrogens is 331 g/mol. The van der Waals surface area contributed by atoms with Gasteiger partial charge in [-0.25, -0.2) is 4.39 Å². The zero-order valence-electron chi connectivity index (χ0n) is 15.8. The number of benzene rings is 2. The van der Waals surface area contributed by atoms with Crippen LogP contribution in [0.3, 0.4) is 0 Å². The lowest BCUT2D eigenvalue weighted by molar-refractivity contribution is 0.298. The number of nitrogens with one attached hydrogen (secondary N) is 2. The number of aliphatic imine (C=N–C) groups is 1. The second-order valence-electron chi connectivity index (χ2n) is 6.19. The third kappa shape index (κ3) is 5.74. The Morgan fingerprint density at radius 1 is 1.08 bits per heavy atom. The van der Waals surface area contributed by atoms with Crippen molar-refractivity contribution in [3.05, 3.63) is 65.5 Å². The zero-order chi connectivity index (χ0) is 18.9. The minimum atomic E-state index is -0.232. The number of guanidine groups is 1. The molecule has 1 atom stereocenters. The number of hydrogen-bond donors (Lipinski definition) is 2. The molecule has 1 unspecified atom stereocenters. The molecule has 2 rings (SSSR count). The molecule has 0 aromatic heterocycles. The summed E-state index contributed by atoms with van der Waals surface area (Å²) in [7, 11) is 7.49. The van der Waals surface area contributed by atoms with Crippen LogP contribution < -0.4 is 15.4 Å². The molecule has 2 N–H and O–H groups in total. The van der Waals surface area contributed by atoms with Crippen LogP contribution in [0.4, 0.5) is 4.39 Å². The van der Waals surface area contributed by atoms with E-state index in [0.29, 0.717) is 19.0 Å². The van der Waals surface area contributed by atoms with E-state index in [1.165, 1.54) is 17.7 Å². The maximum absolute atomic E-state index is 13.0. The number of nitrogens with zero attached hydrogens (tertiary/aromatic N) is 2. The summed E-state index contributed by atoms with van der Waals surface area (Å²) in [6.07, 6.45) is 0. The molecule has 0 spiro atoms. The van der Waals surface area contributed by atoms with Gasteiger partial charge in [-0.05, 0) is 49.5 Å². The number of halogens is 1. The van der Waals surface area contributed by atoms with Crippen molar-refractivity contribution >= 4 is 5.96 Å². The largest absolute Gasteiger partial charge is 0.497 e. The molecule has 0 aliphatic heterocycles. The van der Waals surface area contributed by atoms with E-state index in [0.717, 1.165) is 11.3 Å². The lowest BCUT2D eigenvalue weighted by Crippen LogP contribution is -2.41. The Balaban J connectivity index is 1.94. The van der Waals surface area contributed by atoms with Crippen LogP contribution in [0.1, 0.15) is 17.2 Å². The van der Waals surface area contributed by atoms with Gasteiger partial charge in [-0.2, -0.15) is 0 Å². The number of hydrogen-bond acceptors (Lipinski definition) is 3. The second kappa shape index (κ2) is 9.77. The van der Waals surface area contributed by atoms with Gasteiger partial charge in [0.05, 0.1) is 13.2 Å². The van der Waals surface area contributed by atoms with Crippen LogP contribution in [-0.4, -0.2) is 45.7 Å². The fourth-order valence-corrected chi connectivity index (χ4v) is 2.63. The Labute approximate surface area is 154 Å². The van der Waals surface area contributed by atoms with Crippen LogP contribution >= 0.6 is 0 Å². The van der Waals surface area contributed by atoms with Crippen molar-refractivity contribution < 1.29 is 9.13 Å². The zero-order valence-corrected chi connectivity index (χ0v) is 15.8. The summed E-state index contributed by atoms with van der Waals surface area (Å²) in [6.45, 7) is 1.28. The predicted octanol–water partition coefficient (Wildman–Crippen LogP) is 2.80. The van der Waals surface area contributed by atoms with E-state index in [2.05, 4.69) is 32.7 Å². The first-order chi connectivity index (χ1) is 12.5. The van der Waals surface area contributed by atoms with Gasteiger partial charge in [-0.3, -0.25) is 4.99 Å². The fraction of sp³-hybridized carbons (Fsp3) is 0.350. The molecule has 0 fully saturated rings. The molecule has 2 aromatic rings.